The van der Waals surface area contributed by atoms with E-state index >= 15 is 0 Å². The zero-order chi connectivity index (χ0) is 18.7. The highest BCUT2D eigenvalue weighted by molar-refractivity contribution is 5.96. The van der Waals surface area contributed by atoms with Crippen molar-refractivity contribution in [1.29, 1.82) is 0 Å². The molecule has 1 aromatic carbocycles. The van der Waals surface area contributed by atoms with Gasteiger partial charge in [-0.3, -0.25) is 4.79 Å². The number of carbonyl (C=O) groups is 2. The molecule has 0 saturated heterocycles. The molecule has 2 rings (SSSR count). The van der Waals surface area contributed by atoms with Crippen LogP contribution in [0.3, 0.4) is 0 Å². The Morgan fingerprint density at radius 3 is 2.40 bits per heavy atom. The first kappa shape index (κ1) is 18.8. The number of esters is 1. The van der Waals surface area contributed by atoms with Gasteiger partial charge in [0.15, 0.2) is 6.61 Å². The molecule has 1 aromatic heterocycles. The summed E-state index contributed by atoms with van der Waals surface area (Å²) in [5.74, 6) is -0.823. The lowest BCUT2D eigenvalue weighted by molar-refractivity contribution is -0.119. The molecule has 0 aliphatic heterocycles. The fraction of sp³-hybridized carbons (Fsp3) is 0.400. The monoisotopic (exact) mass is 342 g/mol. The van der Waals surface area contributed by atoms with Gasteiger partial charge < -0.3 is 14.6 Å². The molecule has 0 bridgehead atoms. The van der Waals surface area contributed by atoms with Crippen LogP contribution in [0.4, 0.5) is 5.69 Å². The van der Waals surface area contributed by atoms with Gasteiger partial charge in [0.1, 0.15) is 0 Å². The van der Waals surface area contributed by atoms with E-state index in [1.54, 1.807) is 6.07 Å². The van der Waals surface area contributed by atoms with Crippen LogP contribution in [0, 0.1) is 27.7 Å². The predicted octanol–water partition coefficient (Wildman–Crippen LogP) is 4.10. The van der Waals surface area contributed by atoms with Crippen molar-refractivity contribution >= 4 is 17.6 Å². The maximum absolute atomic E-state index is 12.3. The van der Waals surface area contributed by atoms with E-state index in [0.29, 0.717) is 5.56 Å². The second-order valence-electron chi connectivity index (χ2n) is 6.69. The molecule has 0 aliphatic carbocycles. The highest BCUT2D eigenvalue weighted by atomic mass is 16.5. The average Bonchev–Trinajstić information content (AvgIpc) is 2.83. The van der Waals surface area contributed by atoms with Crippen molar-refractivity contribution in [1.82, 2.24) is 4.57 Å². The van der Waals surface area contributed by atoms with Gasteiger partial charge in [-0.2, -0.15) is 0 Å². The highest BCUT2D eigenvalue weighted by Gasteiger charge is 2.19. The number of benzene rings is 1. The second-order valence-corrected chi connectivity index (χ2v) is 6.69. The van der Waals surface area contributed by atoms with Gasteiger partial charge in [0.25, 0.3) is 5.91 Å². The lowest BCUT2D eigenvalue weighted by Crippen LogP contribution is -2.21. The van der Waals surface area contributed by atoms with Crippen molar-refractivity contribution in [3.63, 3.8) is 0 Å². The number of ether oxygens (including phenoxy) is 1. The van der Waals surface area contributed by atoms with Gasteiger partial charge in [-0.1, -0.05) is 12.1 Å². The van der Waals surface area contributed by atoms with Crippen molar-refractivity contribution < 1.29 is 14.3 Å². The Bertz CT molecular complexity index is 804. The number of hydrogen-bond donors (Lipinski definition) is 1. The first-order chi connectivity index (χ1) is 11.7. The Morgan fingerprint density at radius 2 is 1.80 bits per heavy atom. The van der Waals surface area contributed by atoms with E-state index < -0.39 is 5.97 Å². The van der Waals surface area contributed by atoms with E-state index in [2.05, 4.69) is 23.7 Å². The van der Waals surface area contributed by atoms with E-state index in [9.17, 15) is 9.59 Å². The van der Waals surface area contributed by atoms with Gasteiger partial charge in [-0.15, -0.1) is 0 Å². The number of nitrogens with zero attached hydrogens (tertiary/aromatic N) is 1. The van der Waals surface area contributed by atoms with E-state index in [0.717, 1.165) is 28.2 Å². The van der Waals surface area contributed by atoms with E-state index in [4.69, 9.17) is 4.74 Å². The molecule has 1 heterocycles. The molecule has 5 heteroatoms. The topological polar surface area (TPSA) is 60.3 Å². The molecule has 2 aromatic rings. The predicted molar refractivity (Wildman–Crippen MR) is 99.1 cm³/mol. The van der Waals surface area contributed by atoms with Crippen LogP contribution in [-0.4, -0.2) is 23.1 Å². The molecule has 134 valence electrons. The van der Waals surface area contributed by atoms with Crippen molar-refractivity contribution in [2.24, 2.45) is 0 Å². The summed E-state index contributed by atoms with van der Waals surface area (Å²) in [6.07, 6.45) is 0. The second kappa shape index (κ2) is 7.55. The molecule has 0 radical (unpaired) electrons. The van der Waals surface area contributed by atoms with Crippen molar-refractivity contribution in [2.45, 2.75) is 47.6 Å². The molecule has 0 spiro atoms. The van der Waals surface area contributed by atoms with Crippen LogP contribution in [0.15, 0.2) is 24.3 Å². The summed E-state index contributed by atoms with van der Waals surface area (Å²) in [7, 11) is 0. The first-order valence-electron chi connectivity index (χ1n) is 8.43. The summed E-state index contributed by atoms with van der Waals surface area (Å²) in [5.41, 5.74) is 5.11. The largest absolute Gasteiger partial charge is 0.452 e. The Kier molecular flexibility index (Phi) is 5.67. The molecule has 1 amide bonds. The van der Waals surface area contributed by atoms with E-state index in [1.807, 2.05) is 45.9 Å². The molecule has 0 saturated carbocycles. The quantitative estimate of drug-likeness (QED) is 0.832. The van der Waals surface area contributed by atoms with Crippen molar-refractivity contribution in [3.05, 3.63) is 52.3 Å². The molecule has 0 fully saturated rings. The Morgan fingerprint density at radius 1 is 1.12 bits per heavy atom. The third kappa shape index (κ3) is 4.29. The summed E-state index contributed by atoms with van der Waals surface area (Å²) in [4.78, 5) is 24.4. The van der Waals surface area contributed by atoms with Crippen molar-refractivity contribution in [2.75, 3.05) is 11.9 Å². The summed E-state index contributed by atoms with van der Waals surface area (Å²) < 4.78 is 7.27. The van der Waals surface area contributed by atoms with Gasteiger partial charge in [0, 0.05) is 23.1 Å². The first-order valence-corrected chi connectivity index (χ1v) is 8.43. The Labute approximate surface area is 149 Å². The van der Waals surface area contributed by atoms with Crippen molar-refractivity contribution in [3.8, 4) is 0 Å². The molecule has 5 nitrogen and oxygen atoms in total. The van der Waals surface area contributed by atoms with Gasteiger partial charge in [0.05, 0.1) is 5.56 Å². The third-order valence-electron chi connectivity index (χ3n) is 4.22. The Hall–Kier alpha value is -2.56. The fourth-order valence-electron chi connectivity index (χ4n) is 3.04. The number of aryl methyl sites for hydroxylation is 3. The lowest BCUT2D eigenvalue weighted by atomic mass is 10.1. The smallest absolute Gasteiger partial charge is 0.340 e. The van der Waals surface area contributed by atoms with Crippen LogP contribution in [0.25, 0.3) is 0 Å². The standard InChI is InChI=1S/C20H26N2O3/c1-12(2)22-15(5)10-17(16(22)6)20(24)25-11-19(23)21-18-9-13(3)7-8-14(18)4/h7-10,12H,11H2,1-6H3,(H,21,23). The SMILES string of the molecule is Cc1ccc(C)c(NC(=O)COC(=O)c2cc(C)n(C(C)C)c2C)c1. The highest BCUT2D eigenvalue weighted by Crippen LogP contribution is 2.21. The van der Waals surface area contributed by atoms with Crippen LogP contribution in [0.1, 0.15) is 52.8 Å². The number of hydrogen-bond acceptors (Lipinski definition) is 3. The molecular formula is C20H26N2O3. The normalized spacial score (nSPS) is 10.8. The van der Waals surface area contributed by atoms with E-state index in [-0.39, 0.29) is 18.6 Å². The van der Waals surface area contributed by atoms with E-state index in [1.165, 1.54) is 0 Å². The van der Waals surface area contributed by atoms with Crippen LogP contribution < -0.4 is 5.32 Å². The van der Waals surface area contributed by atoms with Crippen LogP contribution in [0.5, 0.6) is 0 Å². The van der Waals surface area contributed by atoms with Gasteiger partial charge in [-0.05, 0) is 64.8 Å². The van der Waals surface area contributed by atoms with Crippen LogP contribution >= 0.6 is 0 Å². The molecule has 0 aliphatic rings. The zero-order valence-electron chi connectivity index (χ0n) is 15.8. The van der Waals surface area contributed by atoms with Crippen LogP contribution in [-0.2, 0) is 9.53 Å². The molecule has 25 heavy (non-hydrogen) atoms. The number of nitrogens with one attached hydrogen (secondary N) is 1. The maximum Gasteiger partial charge on any atom is 0.340 e. The summed E-state index contributed by atoms with van der Waals surface area (Å²) in [6.45, 7) is 11.5. The number of rotatable bonds is 5. The number of amides is 1. The maximum atomic E-state index is 12.3. The van der Waals surface area contributed by atoms with Gasteiger partial charge in [0.2, 0.25) is 0 Å². The number of anilines is 1. The summed E-state index contributed by atoms with van der Waals surface area (Å²) in [6, 6.07) is 7.88. The summed E-state index contributed by atoms with van der Waals surface area (Å²) >= 11 is 0. The number of aromatic nitrogens is 1. The average molecular weight is 342 g/mol. The molecule has 1 N–H and O–H groups in total. The zero-order valence-corrected chi connectivity index (χ0v) is 15.8. The fourth-order valence-corrected chi connectivity index (χ4v) is 3.04. The lowest BCUT2D eigenvalue weighted by Gasteiger charge is -2.13. The third-order valence-corrected chi connectivity index (χ3v) is 4.22. The minimum atomic E-state index is -0.476. The van der Waals surface area contributed by atoms with Crippen LogP contribution in [0.2, 0.25) is 0 Å². The summed E-state index contributed by atoms with van der Waals surface area (Å²) in [5, 5.41) is 2.79. The molecule has 0 atom stereocenters. The van der Waals surface area contributed by atoms with Gasteiger partial charge in [-0.25, -0.2) is 4.79 Å². The van der Waals surface area contributed by atoms with Gasteiger partial charge >= 0.3 is 5.97 Å². The minimum absolute atomic E-state index is 0.258. The molecular weight excluding hydrogens is 316 g/mol. The minimum Gasteiger partial charge on any atom is -0.452 e. The molecule has 0 unspecified atom stereocenters. The number of carbonyl (C=O) groups excluding carboxylic acids is 2. The Balaban J connectivity index is 2.01.